The third kappa shape index (κ3) is 2.79. The van der Waals surface area contributed by atoms with Crippen LogP contribution in [0.15, 0.2) is 28.9 Å². The van der Waals surface area contributed by atoms with Crippen LogP contribution in [0.3, 0.4) is 0 Å². The molecule has 1 aliphatic rings. The molecule has 116 valence electrons. The van der Waals surface area contributed by atoms with Crippen LogP contribution in [0.5, 0.6) is 0 Å². The Kier molecular flexibility index (Phi) is 4.28. The number of anilines is 1. The maximum absolute atomic E-state index is 12.5. The molecule has 3 rings (SSSR count). The van der Waals surface area contributed by atoms with E-state index in [0.29, 0.717) is 29.8 Å². The minimum atomic E-state index is -0.707. The number of benzene rings is 1. The largest absolute Gasteiger partial charge is 0.396 e. The highest BCUT2D eigenvalue weighted by Crippen LogP contribution is 2.30. The van der Waals surface area contributed by atoms with Crippen LogP contribution in [0, 0.1) is 0 Å². The zero-order chi connectivity index (χ0) is 15.7. The number of ether oxygens (including phenoxy) is 1. The van der Waals surface area contributed by atoms with Crippen molar-refractivity contribution in [3.63, 3.8) is 0 Å². The van der Waals surface area contributed by atoms with Crippen molar-refractivity contribution in [2.24, 2.45) is 0 Å². The molecule has 1 amide bonds. The lowest BCUT2D eigenvalue weighted by molar-refractivity contribution is -0.0260. The van der Waals surface area contributed by atoms with Gasteiger partial charge in [0.25, 0.3) is 5.91 Å². The zero-order valence-corrected chi connectivity index (χ0v) is 13.3. The number of carbonyl (C=O) groups is 1. The number of carbonyl (C=O) groups excluding carboxylic acids is 1. The molecular formula is C15H16BrN3O3. The quantitative estimate of drug-likeness (QED) is 0.700. The lowest BCUT2D eigenvalue weighted by Gasteiger charge is -2.28. The molecule has 1 aromatic heterocycles. The summed E-state index contributed by atoms with van der Waals surface area (Å²) in [6.07, 6.45) is 1.50. The predicted molar refractivity (Wildman–Crippen MR) is 86.6 cm³/mol. The van der Waals surface area contributed by atoms with Crippen LogP contribution in [-0.4, -0.2) is 41.4 Å². The normalized spacial score (nSPS) is 21.7. The first-order chi connectivity index (χ1) is 10.6. The lowest BCUT2D eigenvalue weighted by Crippen LogP contribution is -2.48. The van der Waals surface area contributed by atoms with Crippen molar-refractivity contribution in [3.8, 4) is 0 Å². The Morgan fingerprint density at radius 3 is 3.14 bits per heavy atom. The van der Waals surface area contributed by atoms with Crippen LogP contribution in [0.4, 0.5) is 5.69 Å². The van der Waals surface area contributed by atoms with Gasteiger partial charge >= 0.3 is 0 Å². The van der Waals surface area contributed by atoms with E-state index >= 15 is 0 Å². The predicted octanol–water partition coefficient (Wildman–Crippen LogP) is 1.46. The summed E-state index contributed by atoms with van der Waals surface area (Å²) in [6.45, 7) is 0.740. The van der Waals surface area contributed by atoms with E-state index in [2.05, 4.69) is 26.2 Å². The Hall–Kier alpha value is -1.70. The Morgan fingerprint density at radius 2 is 2.36 bits per heavy atom. The van der Waals surface area contributed by atoms with E-state index in [1.165, 1.54) is 0 Å². The fourth-order valence-corrected chi connectivity index (χ4v) is 3.10. The molecule has 0 aliphatic carbocycles. The van der Waals surface area contributed by atoms with E-state index in [-0.39, 0.29) is 18.6 Å². The standard InChI is InChI=1S/C15H16BrN3O3/c16-10-6-9(13(17)14-8(10)2-1-4-18-14)15(21)19-11-3-5-22-7-12(11)20/h1-2,4,6,11-12,20H,3,5,7,17H2,(H,19,21)/t11-,12-/m0/s1. The van der Waals surface area contributed by atoms with Gasteiger partial charge in [-0.15, -0.1) is 0 Å². The number of hydrogen-bond donors (Lipinski definition) is 3. The Labute approximate surface area is 135 Å². The molecule has 2 atom stereocenters. The molecule has 7 heteroatoms. The first kappa shape index (κ1) is 15.2. The Bertz CT molecular complexity index is 722. The van der Waals surface area contributed by atoms with Gasteiger partial charge in [-0.05, 0) is 18.6 Å². The fraction of sp³-hybridized carbons (Fsp3) is 0.333. The summed E-state index contributed by atoms with van der Waals surface area (Å²) < 4.78 is 5.91. The second kappa shape index (κ2) is 6.20. The minimum Gasteiger partial charge on any atom is -0.396 e. The maximum Gasteiger partial charge on any atom is 0.253 e. The smallest absolute Gasteiger partial charge is 0.253 e. The van der Waals surface area contributed by atoms with Crippen LogP contribution in [-0.2, 0) is 4.74 Å². The molecular weight excluding hydrogens is 350 g/mol. The van der Waals surface area contributed by atoms with Gasteiger partial charge in [0.2, 0.25) is 0 Å². The molecule has 4 N–H and O–H groups in total. The van der Waals surface area contributed by atoms with Gasteiger partial charge in [0.1, 0.15) is 0 Å². The molecule has 0 spiro atoms. The Balaban J connectivity index is 1.92. The van der Waals surface area contributed by atoms with Gasteiger partial charge in [-0.2, -0.15) is 0 Å². The lowest BCUT2D eigenvalue weighted by atomic mass is 10.0. The summed E-state index contributed by atoms with van der Waals surface area (Å²) >= 11 is 3.44. The molecule has 0 bridgehead atoms. The van der Waals surface area contributed by atoms with Crippen molar-refractivity contribution in [2.45, 2.75) is 18.6 Å². The number of aliphatic hydroxyl groups is 1. The molecule has 0 radical (unpaired) electrons. The van der Waals surface area contributed by atoms with Crippen molar-refractivity contribution in [3.05, 3.63) is 34.4 Å². The van der Waals surface area contributed by atoms with Gasteiger partial charge in [-0.25, -0.2) is 0 Å². The summed E-state index contributed by atoms with van der Waals surface area (Å²) in [5.74, 6) is -0.322. The highest BCUT2D eigenvalue weighted by atomic mass is 79.9. The van der Waals surface area contributed by atoms with Gasteiger partial charge < -0.3 is 20.9 Å². The number of pyridine rings is 1. The number of halogens is 1. The maximum atomic E-state index is 12.5. The number of nitrogens with two attached hydrogens (primary N) is 1. The molecule has 2 aromatic rings. The van der Waals surface area contributed by atoms with Gasteiger partial charge in [0.15, 0.2) is 0 Å². The number of fused-ring (bicyclic) bond motifs is 1. The number of rotatable bonds is 2. The van der Waals surface area contributed by atoms with Crippen molar-refractivity contribution in [2.75, 3.05) is 18.9 Å². The van der Waals surface area contributed by atoms with Crippen molar-refractivity contribution < 1.29 is 14.6 Å². The molecule has 1 fully saturated rings. The monoisotopic (exact) mass is 365 g/mol. The molecule has 1 aliphatic heterocycles. The van der Waals surface area contributed by atoms with E-state index in [9.17, 15) is 9.90 Å². The highest BCUT2D eigenvalue weighted by Gasteiger charge is 2.26. The first-order valence-corrected chi connectivity index (χ1v) is 7.76. The molecule has 0 unspecified atom stereocenters. The summed E-state index contributed by atoms with van der Waals surface area (Å²) in [5, 5.41) is 13.5. The zero-order valence-electron chi connectivity index (χ0n) is 11.8. The van der Waals surface area contributed by atoms with E-state index in [1.807, 2.05) is 12.1 Å². The first-order valence-electron chi connectivity index (χ1n) is 6.97. The molecule has 1 aromatic carbocycles. The van der Waals surface area contributed by atoms with Gasteiger partial charge in [-0.3, -0.25) is 9.78 Å². The summed E-state index contributed by atoms with van der Waals surface area (Å²) in [7, 11) is 0. The van der Waals surface area contributed by atoms with Crippen molar-refractivity contribution in [1.29, 1.82) is 0 Å². The van der Waals surface area contributed by atoms with Gasteiger partial charge in [0, 0.05) is 22.7 Å². The van der Waals surface area contributed by atoms with E-state index in [1.54, 1.807) is 12.3 Å². The van der Waals surface area contributed by atoms with E-state index < -0.39 is 6.10 Å². The van der Waals surface area contributed by atoms with Crippen molar-refractivity contribution >= 4 is 38.4 Å². The van der Waals surface area contributed by atoms with E-state index in [4.69, 9.17) is 10.5 Å². The molecule has 6 nitrogen and oxygen atoms in total. The number of aromatic nitrogens is 1. The number of nitrogen functional groups attached to an aromatic ring is 1. The number of nitrogens with zero attached hydrogens (tertiary/aromatic N) is 1. The number of hydrogen-bond acceptors (Lipinski definition) is 5. The SMILES string of the molecule is Nc1c(C(=O)N[C@H]2CCOC[C@@H]2O)cc(Br)c2cccnc12. The van der Waals surface area contributed by atoms with Gasteiger partial charge in [0.05, 0.1) is 35.5 Å². The second-order valence-electron chi connectivity index (χ2n) is 5.23. The minimum absolute atomic E-state index is 0.226. The molecule has 2 heterocycles. The van der Waals surface area contributed by atoms with Crippen molar-refractivity contribution in [1.82, 2.24) is 10.3 Å². The summed E-state index contributed by atoms with van der Waals surface area (Å²) in [6, 6.07) is 5.04. The average molecular weight is 366 g/mol. The third-order valence-electron chi connectivity index (χ3n) is 3.77. The van der Waals surface area contributed by atoms with Crippen LogP contribution in [0.25, 0.3) is 10.9 Å². The Morgan fingerprint density at radius 1 is 1.55 bits per heavy atom. The topological polar surface area (TPSA) is 97.5 Å². The average Bonchev–Trinajstić information content (AvgIpc) is 2.53. The third-order valence-corrected chi connectivity index (χ3v) is 4.42. The molecule has 1 saturated heterocycles. The van der Waals surface area contributed by atoms with Crippen LogP contribution >= 0.6 is 15.9 Å². The van der Waals surface area contributed by atoms with Crippen LogP contribution < -0.4 is 11.1 Å². The highest BCUT2D eigenvalue weighted by molar-refractivity contribution is 9.10. The van der Waals surface area contributed by atoms with Crippen LogP contribution in [0.1, 0.15) is 16.8 Å². The fourth-order valence-electron chi connectivity index (χ4n) is 2.55. The number of nitrogens with one attached hydrogen (secondary N) is 1. The molecule has 0 saturated carbocycles. The summed E-state index contributed by atoms with van der Waals surface area (Å²) in [5.41, 5.74) is 7.35. The van der Waals surface area contributed by atoms with Gasteiger partial charge in [-0.1, -0.05) is 22.0 Å². The number of aliphatic hydroxyl groups excluding tert-OH is 1. The summed E-state index contributed by atoms with van der Waals surface area (Å²) in [4.78, 5) is 16.7. The number of amides is 1. The molecule has 22 heavy (non-hydrogen) atoms. The van der Waals surface area contributed by atoms with Crippen LogP contribution in [0.2, 0.25) is 0 Å². The second-order valence-corrected chi connectivity index (χ2v) is 6.08. The van der Waals surface area contributed by atoms with E-state index in [0.717, 1.165) is 9.86 Å².